The number of hydrogen-bond acceptors (Lipinski definition) is 2. The summed E-state index contributed by atoms with van der Waals surface area (Å²) in [6.07, 6.45) is 3.29. The van der Waals surface area contributed by atoms with Crippen molar-refractivity contribution >= 4 is 25.8 Å². The lowest BCUT2D eigenvalue weighted by molar-refractivity contribution is 0.202. The quantitative estimate of drug-likeness (QED) is 0.731. The van der Waals surface area contributed by atoms with Crippen LogP contribution in [0.4, 0.5) is 0 Å². The lowest BCUT2D eigenvalue weighted by Gasteiger charge is -2.41. The Hall–Kier alpha value is 0.430. The molecule has 0 aliphatic heterocycles. The average Bonchev–Trinajstić information content (AvgIpc) is 2.10. The number of hydrogen-bond donors (Lipinski definition) is 0. The predicted molar refractivity (Wildman–Crippen MR) is 68.2 cm³/mol. The van der Waals surface area contributed by atoms with E-state index in [-0.39, 0.29) is 16.6 Å². The van der Waals surface area contributed by atoms with Gasteiger partial charge in [-0.3, -0.25) is 0 Å². The van der Waals surface area contributed by atoms with Crippen molar-refractivity contribution in [2.75, 3.05) is 11.1 Å². The molecule has 1 aliphatic carbocycles. The maximum atomic E-state index is 12.1. The largest absolute Gasteiger partial charge is 0.229 e. The third-order valence-electron chi connectivity index (χ3n) is 3.71. The molecule has 0 N–H and O–H groups in total. The van der Waals surface area contributed by atoms with Crippen molar-refractivity contribution in [2.24, 2.45) is 11.3 Å². The monoisotopic (exact) mass is 296 g/mol. The zero-order valence-electron chi connectivity index (χ0n) is 9.79. The zero-order valence-corrected chi connectivity index (χ0v) is 12.2. The molecule has 90 valence electrons. The molecular weight excluding hydrogens is 276 g/mol. The van der Waals surface area contributed by atoms with Gasteiger partial charge in [0, 0.05) is 5.33 Å². The van der Waals surface area contributed by atoms with Gasteiger partial charge in [-0.1, -0.05) is 36.2 Å². The smallest absolute Gasteiger partial charge is 0.153 e. The van der Waals surface area contributed by atoms with Gasteiger partial charge in [0.1, 0.15) is 0 Å². The number of rotatable bonds is 5. The molecule has 0 radical (unpaired) electrons. The fourth-order valence-electron chi connectivity index (χ4n) is 1.97. The molecular formula is C11H21BrO2S. The summed E-state index contributed by atoms with van der Waals surface area (Å²) < 4.78 is 24.2. The van der Waals surface area contributed by atoms with Gasteiger partial charge in [0.15, 0.2) is 9.84 Å². The van der Waals surface area contributed by atoms with Crippen LogP contribution in [-0.2, 0) is 9.84 Å². The van der Waals surface area contributed by atoms with Crippen molar-refractivity contribution in [1.82, 2.24) is 0 Å². The van der Waals surface area contributed by atoms with Crippen LogP contribution in [0, 0.1) is 11.3 Å². The molecule has 4 heteroatoms. The van der Waals surface area contributed by atoms with Crippen LogP contribution in [-0.4, -0.2) is 24.8 Å². The van der Waals surface area contributed by atoms with Gasteiger partial charge in [0.2, 0.25) is 0 Å². The van der Waals surface area contributed by atoms with Crippen LogP contribution >= 0.6 is 15.9 Å². The highest BCUT2D eigenvalue weighted by Gasteiger charge is 2.41. The van der Waals surface area contributed by atoms with E-state index in [0.717, 1.165) is 18.2 Å². The third kappa shape index (κ3) is 2.96. The van der Waals surface area contributed by atoms with Gasteiger partial charge in [-0.05, 0) is 31.1 Å². The van der Waals surface area contributed by atoms with Crippen LogP contribution in [0.5, 0.6) is 0 Å². The Labute approximate surface area is 102 Å². The Morgan fingerprint density at radius 1 is 1.27 bits per heavy atom. The molecule has 0 bridgehead atoms. The van der Waals surface area contributed by atoms with E-state index in [0.29, 0.717) is 5.75 Å². The van der Waals surface area contributed by atoms with Crippen molar-refractivity contribution in [3.05, 3.63) is 0 Å². The van der Waals surface area contributed by atoms with E-state index in [2.05, 4.69) is 15.9 Å². The first kappa shape index (κ1) is 13.5. The van der Waals surface area contributed by atoms with E-state index >= 15 is 0 Å². The summed E-state index contributed by atoms with van der Waals surface area (Å²) in [5.74, 6) is 0.576. The van der Waals surface area contributed by atoms with Gasteiger partial charge >= 0.3 is 0 Å². The fraction of sp³-hybridized carbons (Fsp3) is 1.00. The second-order valence-electron chi connectivity index (χ2n) is 5.24. The molecule has 1 saturated carbocycles. The van der Waals surface area contributed by atoms with Gasteiger partial charge in [0.25, 0.3) is 0 Å². The average molecular weight is 297 g/mol. The SMILES string of the molecule is CC(C)C(C)S(=O)(=O)CC1(CBr)CCC1. The number of halogens is 1. The van der Waals surface area contributed by atoms with Gasteiger partial charge in [-0.2, -0.15) is 0 Å². The maximum Gasteiger partial charge on any atom is 0.153 e. The topological polar surface area (TPSA) is 34.1 Å². The zero-order chi connectivity index (χ0) is 11.7. The highest BCUT2D eigenvalue weighted by Crippen LogP contribution is 2.44. The number of sulfone groups is 1. The van der Waals surface area contributed by atoms with Crippen LogP contribution in [0.2, 0.25) is 0 Å². The lowest BCUT2D eigenvalue weighted by Crippen LogP contribution is -2.41. The standard InChI is InChI=1S/C11H21BrO2S/c1-9(2)10(3)15(13,14)8-11(7-12)5-4-6-11/h9-10H,4-8H2,1-3H3. The molecule has 1 rings (SSSR count). The summed E-state index contributed by atoms with van der Waals surface area (Å²) in [7, 11) is -2.92. The first-order valence-corrected chi connectivity index (χ1v) is 8.44. The van der Waals surface area contributed by atoms with Crippen LogP contribution in [0.15, 0.2) is 0 Å². The molecule has 0 heterocycles. The van der Waals surface area contributed by atoms with Crippen LogP contribution in [0.1, 0.15) is 40.0 Å². The molecule has 0 amide bonds. The second-order valence-corrected chi connectivity index (χ2v) is 8.16. The molecule has 2 nitrogen and oxygen atoms in total. The second kappa shape index (κ2) is 4.74. The van der Waals surface area contributed by atoms with Crippen LogP contribution in [0.25, 0.3) is 0 Å². The van der Waals surface area contributed by atoms with Gasteiger partial charge in [-0.15, -0.1) is 0 Å². The molecule has 15 heavy (non-hydrogen) atoms. The Kier molecular flexibility index (Phi) is 4.27. The van der Waals surface area contributed by atoms with Crippen LogP contribution < -0.4 is 0 Å². The molecule has 0 aromatic carbocycles. The summed E-state index contributed by atoms with van der Waals surface area (Å²) >= 11 is 3.46. The Morgan fingerprint density at radius 3 is 2.07 bits per heavy atom. The highest BCUT2D eigenvalue weighted by molar-refractivity contribution is 9.09. The van der Waals surface area contributed by atoms with Crippen molar-refractivity contribution in [2.45, 2.75) is 45.3 Å². The van der Waals surface area contributed by atoms with Gasteiger partial charge in [0.05, 0.1) is 11.0 Å². The molecule has 1 unspecified atom stereocenters. The van der Waals surface area contributed by atoms with Crippen molar-refractivity contribution in [3.63, 3.8) is 0 Å². The Balaban J connectivity index is 2.71. The van der Waals surface area contributed by atoms with E-state index in [1.807, 2.05) is 20.8 Å². The maximum absolute atomic E-state index is 12.1. The minimum absolute atomic E-state index is 0.0436. The Bertz CT molecular complexity index is 299. The minimum atomic E-state index is -2.92. The predicted octanol–water partition coefficient (Wildman–Crippen LogP) is 3.01. The first-order valence-electron chi connectivity index (χ1n) is 5.60. The van der Waals surface area contributed by atoms with E-state index in [4.69, 9.17) is 0 Å². The first-order chi connectivity index (χ1) is 6.83. The van der Waals surface area contributed by atoms with E-state index in [1.54, 1.807) is 0 Å². The van der Waals surface area contributed by atoms with E-state index in [9.17, 15) is 8.42 Å². The summed E-state index contributed by atoms with van der Waals surface area (Å²) in [5.41, 5.74) is 0.0436. The minimum Gasteiger partial charge on any atom is -0.229 e. The van der Waals surface area contributed by atoms with E-state index < -0.39 is 9.84 Å². The molecule has 0 saturated heterocycles. The van der Waals surface area contributed by atoms with Crippen molar-refractivity contribution in [3.8, 4) is 0 Å². The van der Waals surface area contributed by atoms with Gasteiger partial charge < -0.3 is 0 Å². The molecule has 1 aliphatic rings. The summed E-state index contributed by atoms with van der Waals surface area (Å²) in [6.45, 7) is 5.79. The summed E-state index contributed by atoms with van der Waals surface area (Å²) in [5, 5.41) is 0.610. The summed E-state index contributed by atoms with van der Waals surface area (Å²) in [4.78, 5) is 0. The molecule has 1 fully saturated rings. The van der Waals surface area contributed by atoms with Crippen molar-refractivity contribution in [1.29, 1.82) is 0 Å². The lowest BCUT2D eigenvalue weighted by atomic mass is 9.72. The molecule has 0 aromatic heterocycles. The molecule has 0 spiro atoms. The van der Waals surface area contributed by atoms with Gasteiger partial charge in [-0.25, -0.2) is 8.42 Å². The normalized spacial score (nSPS) is 22.5. The number of alkyl halides is 1. The Morgan fingerprint density at radius 2 is 1.80 bits per heavy atom. The summed E-state index contributed by atoms with van der Waals surface area (Å²) in [6, 6.07) is 0. The third-order valence-corrected chi connectivity index (χ3v) is 7.59. The highest BCUT2D eigenvalue weighted by atomic mass is 79.9. The van der Waals surface area contributed by atoms with E-state index in [1.165, 1.54) is 6.42 Å². The van der Waals surface area contributed by atoms with Crippen molar-refractivity contribution < 1.29 is 8.42 Å². The molecule has 0 aromatic rings. The molecule has 1 atom stereocenters. The van der Waals surface area contributed by atoms with Crippen LogP contribution in [0.3, 0.4) is 0 Å². The fourth-order valence-corrected chi connectivity index (χ4v) is 5.32.